The van der Waals surface area contributed by atoms with Gasteiger partial charge < -0.3 is 10.0 Å². The van der Waals surface area contributed by atoms with Crippen LogP contribution >= 0.6 is 0 Å². The van der Waals surface area contributed by atoms with Crippen molar-refractivity contribution in [3.63, 3.8) is 0 Å². The first-order chi connectivity index (χ1) is 8.63. The molecule has 2 atom stereocenters. The summed E-state index contributed by atoms with van der Waals surface area (Å²) in [4.78, 5) is 2.22. The van der Waals surface area contributed by atoms with Crippen LogP contribution in [0.4, 0.5) is 10.1 Å². The van der Waals surface area contributed by atoms with Crippen molar-refractivity contribution in [2.24, 2.45) is 5.92 Å². The number of aliphatic hydroxyl groups is 1. The molecule has 0 radical (unpaired) electrons. The van der Waals surface area contributed by atoms with Gasteiger partial charge in [0.2, 0.25) is 0 Å². The van der Waals surface area contributed by atoms with Crippen LogP contribution < -0.4 is 4.90 Å². The van der Waals surface area contributed by atoms with E-state index in [1.54, 1.807) is 13.0 Å². The van der Waals surface area contributed by atoms with Gasteiger partial charge in [0.15, 0.2) is 0 Å². The van der Waals surface area contributed by atoms with Crippen molar-refractivity contribution in [1.29, 1.82) is 0 Å². The molecule has 0 aromatic heterocycles. The quantitative estimate of drug-likeness (QED) is 0.888. The second kappa shape index (κ2) is 5.70. The second-order valence-corrected chi connectivity index (χ2v) is 5.21. The summed E-state index contributed by atoms with van der Waals surface area (Å²) in [5, 5.41) is 9.77. The number of hydrogen-bond acceptors (Lipinski definition) is 2. The molecule has 0 spiro atoms. The predicted molar refractivity (Wildman–Crippen MR) is 72.3 cm³/mol. The van der Waals surface area contributed by atoms with Crippen molar-refractivity contribution in [1.82, 2.24) is 0 Å². The zero-order valence-electron chi connectivity index (χ0n) is 11.2. The van der Waals surface area contributed by atoms with E-state index in [1.807, 2.05) is 6.07 Å². The van der Waals surface area contributed by atoms with E-state index < -0.39 is 6.10 Å². The van der Waals surface area contributed by atoms with Crippen molar-refractivity contribution in [3.8, 4) is 0 Å². The molecule has 1 aliphatic rings. The fraction of sp³-hybridized carbons (Fsp3) is 0.600. The van der Waals surface area contributed by atoms with Crippen molar-refractivity contribution >= 4 is 5.69 Å². The van der Waals surface area contributed by atoms with Crippen LogP contribution in [-0.4, -0.2) is 18.2 Å². The summed E-state index contributed by atoms with van der Waals surface area (Å²) in [6.45, 7) is 5.76. The molecule has 1 N–H and O–H groups in total. The highest BCUT2D eigenvalue weighted by molar-refractivity contribution is 5.55. The monoisotopic (exact) mass is 251 g/mol. The van der Waals surface area contributed by atoms with Gasteiger partial charge in [-0.3, -0.25) is 0 Å². The van der Waals surface area contributed by atoms with Crippen molar-refractivity contribution in [2.75, 3.05) is 18.0 Å². The lowest BCUT2D eigenvalue weighted by Crippen LogP contribution is -2.36. The number of anilines is 1. The highest BCUT2D eigenvalue weighted by Crippen LogP contribution is 2.32. The van der Waals surface area contributed by atoms with E-state index in [4.69, 9.17) is 0 Å². The van der Waals surface area contributed by atoms with Crippen LogP contribution in [0.1, 0.15) is 44.8 Å². The molecule has 0 amide bonds. The number of nitrogens with zero attached hydrogens (tertiary/aromatic N) is 1. The van der Waals surface area contributed by atoms with Gasteiger partial charge in [-0.2, -0.15) is 0 Å². The molecule has 100 valence electrons. The highest BCUT2D eigenvalue weighted by Gasteiger charge is 2.23. The van der Waals surface area contributed by atoms with Crippen LogP contribution in [0.2, 0.25) is 0 Å². The van der Waals surface area contributed by atoms with Gasteiger partial charge in [-0.25, -0.2) is 4.39 Å². The van der Waals surface area contributed by atoms with E-state index in [9.17, 15) is 9.50 Å². The third kappa shape index (κ3) is 2.66. The lowest BCUT2D eigenvalue weighted by Gasteiger charge is -2.35. The Morgan fingerprint density at radius 3 is 2.94 bits per heavy atom. The summed E-state index contributed by atoms with van der Waals surface area (Å²) >= 11 is 0. The van der Waals surface area contributed by atoms with Gasteiger partial charge in [-0.1, -0.05) is 19.4 Å². The van der Waals surface area contributed by atoms with E-state index in [-0.39, 0.29) is 5.82 Å². The minimum atomic E-state index is -0.761. The summed E-state index contributed by atoms with van der Waals surface area (Å²) in [7, 11) is 0. The number of rotatable bonds is 3. The molecule has 0 saturated carbocycles. The fourth-order valence-electron chi connectivity index (χ4n) is 2.83. The molecule has 1 fully saturated rings. The number of aliphatic hydroxyl groups excluding tert-OH is 1. The smallest absolute Gasteiger partial charge is 0.131 e. The summed E-state index contributed by atoms with van der Waals surface area (Å²) in [6, 6.07) is 5.07. The molecular weight excluding hydrogens is 229 g/mol. The number of hydrogen-bond donors (Lipinski definition) is 1. The van der Waals surface area contributed by atoms with E-state index in [2.05, 4.69) is 11.8 Å². The van der Waals surface area contributed by atoms with Crippen LogP contribution in [0, 0.1) is 11.7 Å². The first kappa shape index (κ1) is 13.3. The normalized spacial score (nSPS) is 22.0. The largest absolute Gasteiger partial charge is 0.389 e. The Hall–Kier alpha value is -1.09. The third-order valence-electron chi connectivity index (χ3n) is 3.88. The Morgan fingerprint density at radius 1 is 1.50 bits per heavy atom. The fourth-order valence-corrected chi connectivity index (χ4v) is 2.83. The molecule has 3 heteroatoms. The second-order valence-electron chi connectivity index (χ2n) is 5.21. The van der Waals surface area contributed by atoms with E-state index in [0.29, 0.717) is 11.5 Å². The molecule has 1 aromatic carbocycles. The minimum absolute atomic E-state index is 0.305. The van der Waals surface area contributed by atoms with Crippen molar-refractivity contribution in [3.05, 3.63) is 29.6 Å². The van der Waals surface area contributed by atoms with Gasteiger partial charge in [-0.15, -0.1) is 0 Å². The molecular formula is C15H22FNO. The van der Waals surface area contributed by atoms with E-state index in [0.717, 1.165) is 31.6 Å². The number of piperidine rings is 1. The lowest BCUT2D eigenvalue weighted by molar-refractivity contribution is 0.194. The first-order valence-electron chi connectivity index (χ1n) is 6.85. The van der Waals surface area contributed by atoms with Gasteiger partial charge >= 0.3 is 0 Å². The third-order valence-corrected chi connectivity index (χ3v) is 3.88. The van der Waals surface area contributed by atoms with Crippen LogP contribution in [0.5, 0.6) is 0 Å². The first-order valence-corrected chi connectivity index (χ1v) is 6.85. The maximum atomic E-state index is 13.8. The zero-order chi connectivity index (χ0) is 13.1. The number of halogens is 1. The van der Waals surface area contributed by atoms with Gasteiger partial charge in [0.05, 0.1) is 6.10 Å². The summed E-state index contributed by atoms with van der Waals surface area (Å²) in [5.41, 5.74) is 1.30. The van der Waals surface area contributed by atoms with Crippen molar-refractivity contribution in [2.45, 2.75) is 39.2 Å². The SMILES string of the molecule is CCC1CCCN(c2cccc(F)c2[C@@H](C)O)C1. The van der Waals surface area contributed by atoms with Gasteiger partial charge in [0, 0.05) is 24.3 Å². The molecule has 2 nitrogen and oxygen atoms in total. The standard InChI is InChI=1S/C15H22FNO/c1-3-12-6-5-9-17(10-12)14-8-4-7-13(16)15(14)11(2)18/h4,7-8,11-12,18H,3,5-6,9-10H2,1-2H3/t11-,12?/m1/s1. The lowest BCUT2D eigenvalue weighted by atomic mass is 9.94. The zero-order valence-corrected chi connectivity index (χ0v) is 11.2. The number of benzene rings is 1. The molecule has 0 aliphatic carbocycles. The Bertz CT molecular complexity index is 405. The molecule has 1 aromatic rings. The summed E-state index contributed by atoms with van der Waals surface area (Å²) in [6.07, 6.45) is 2.80. The Kier molecular flexibility index (Phi) is 4.23. The van der Waals surface area contributed by atoms with Crippen LogP contribution in [0.25, 0.3) is 0 Å². The molecule has 1 aliphatic heterocycles. The van der Waals surface area contributed by atoms with E-state index in [1.165, 1.54) is 12.5 Å². The predicted octanol–water partition coefficient (Wildman–Crippen LogP) is 3.51. The molecule has 1 unspecified atom stereocenters. The average Bonchev–Trinajstić information content (AvgIpc) is 2.38. The topological polar surface area (TPSA) is 23.5 Å². The highest BCUT2D eigenvalue weighted by atomic mass is 19.1. The molecule has 1 saturated heterocycles. The van der Waals surface area contributed by atoms with Crippen LogP contribution in [0.15, 0.2) is 18.2 Å². The maximum Gasteiger partial charge on any atom is 0.131 e. The Morgan fingerprint density at radius 2 is 2.28 bits per heavy atom. The molecule has 2 rings (SSSR count). The van der Waals surface area contributed by atoms with E-state index >= 15 is 0 Å². The Labute approximate surface area is 108 Å². The van der Waals surface area contributed by atoms with Gasteiger partial charge in [0.1, 0.15) is 5.82 Å². The molecule has 18 heavy (non-hydrogen) atoms. The Balaban J connectivity index is 2.29. The van der Waals surface area contributed by atoms with Crippen molar-refractivity contribution < 1.29 is 9.50 Å². The summed E-state index contributed by atoms with van der Waals surface area (Å²) < 4.78 is 13.8. The van der Waals surface area contributed by atoms with Crippen LogP contribution in [-0.2, 0) is 0 Å². The van der Waals surface area contributed by atoms with Gasteiger partial charge in [0.25, 0.3) is 0 Å². The summed E-state index contributed by atoms with van der Waals surface area (Å²) in [5.74, 6) is 0.380. The minimum Gasteiger partial charge on any atom is -0.389 e. The molecule has 1 heterocycles. The molecule has 0 bridgehead atoms. The maximum absolute atomic E-state index is 13.8. The van der Waals surface area contributed by atoms with Crippen LogP contribution in [0.3, 0.4) is 0 Å². The van der Waals surface area contributed by atoms with Gasteiger partial charge in [-0.05, 0) is 37.8 Å². The average molecular weight is 251 g/mol.